The molecule has 2 rings (SSSR count). The molecule has 0 aliphatic carbocycles. The Morgan fingerprint density at radius 2 is 1.82 bits per heavy atom. The number of amides is 1. The van der Waals surface area contributed by atoms with Gasteiger partial charge in [0.25, 0.3) is 0 Å². The van der Waals surface area contributed by atoms with E-state index in [9.17, 15) is 4.79 Å². The van der Waals surface area contributed by atoms with Crippen LogP contribution in [-0.4, -0.2) is 5.91 Å². The molecule has 2 aromatic carbocycles. The van der Waals surface area contributed by atoms with Gasteiger partial charge in [0.05, 0.1) is 0 Å². The first kappa shape index (κ1) is 11.9. The molecule has 0 saturated carbocycles. The Bertz CT molecular complexity index is 537. The number of hydrogen-bond donors (Lipinski definition) is 1. The van der Waals surface area contributed by atoms with Gasteiger partial charge in [-0.15, -0.1) is 0 Å². The Balaban J connectivity index is 2.50. The number of nitrogens with one attached hydrogen (secondary N) is 1. The van der Waals surface area contributed by atoms with Gasteiger partial charge in [0, 0.05) is 22.6 Å². The molecule has 0 radical (unpaired) electrons. The van der Waals surface area contributed by atoms with Gasteiger partial charge >= 0.3 is 0 Å². The third kappa shape index (κ3) is 2.94. The quantitative estimate of drug-likeness (QED) is 0.887. The highest BCUT2D eigenvalue weighted by atomic mass is 79.9. The number of benzene rings is 2. The molecule has 3 heteroatoms. The zero-order valence-corrected chi connectivity index (χ0v) is 11.0. The summed E-state index contributed by atoms with van der Waals surface area (Å²) in [4.78, 5) is 11.2. The zero-order valence-electron chi connectivity index (χ0n) is 9.41. The lowest BCUT2D eigenvalue weighted by Crippen LogP contribution is -2.06. The van der Waals surface area contributed by atoms with Crippen LogP contribution < -0.4 is 5.32 Å². The van der Waals surface area contributed by atoms with Crippen molar-refractivity contribution in [2.45, 2.75) is 6.92 Å². The molecule has 0 unspecified atom stereocenters. The molecule has 86 valence electrons. The fourth-order valence-corrected chi connectivity index (χ4v) is 2.04. The van der Waals surface area contributed by atoms with E-state index in [1.165, 1.54) is 6.92 Å². The molecule has 1 amide bonds. The maximum Gasteiger partial charge on any atom is 0.221 e. The van der Waals surface area contributed by atoms with Gasteiger partial charge in [-0.3, -0.25) is 4.79 Å². The first-order chi connectivity index (χ1) is 8.16. The van der Waals surface area contributed by atoms with Crippen molar-refractivity contribution in [1.29, 1.82) is 0 Å². The van der Waals surface area contributed by atoms with Crippen LogP contribution in [0.3, 0.4) is 0 Å². The highest BCUT2D eigenvalue weighted by Gasteiger charge is 2.06. The molecule has 2 aromatic rings. The van der Waals surface area contributed by atoms with E-state index in [1.807, 2.05) is 48.5 Å². The van der Waals surface area contributed by atoms with Crippen molar-refractivity contribution in [3.8, 4) is 11.1 Å². The number of rotatable bonds is 2. The second-order valence-electron chi connectivity index (χ2n) is 3.74. The Kier molecular flexibility index (Phi) is 3.59. The zero-order chi connectivity index (χ0) is 12.3. The lowest BCUT2D eigenvalue weighted by molar-refractivity contribution is -0.114. The van der Waals surface area contributed by atoms with Gasteiger partial charge in [-0.25, -0.2) is 0 Å². The van der Waals surface area contributed by atoms with Gasteiger partial charge in [0.15, 0.2) is 0 Å². The molecule has 0 aliphatic heterocycles. The second kappa shape index (κ2) is 5.15. The lowest BCUT2D eigenvalue weighted by atomic mass is 10.0. The van der Waals surface area contributed by atoms with Crippen molar-refractivity contribution < 1.29 is 4.79 Å². The summed E-state index contributed by atoms with van der Waals surface area (Å²) in [6, 6.07) is 15.8. The minimum absolute atomic E-state index is 0.0692. The van der Waals surface area contributed by atoms with Gasteiger partial charge in [0.2, 0.25) is 5.91 Å². The molecule has 0 saturated heterocycles. The van der Waals surface area contributed by atoms with Crippen LogP contribution in [0.1, 0.15) is 6.92 Å². The molecule has 0 bridgehead atoms. The number of carbonyl (C=O) groups excluding carboxylic acids is 1. The van der Waals surface area contributed by atoms with E-state index in [0.29, 0.717) is 0 Å². The number of anilines is 1. The molecule has 2 nitrogen and oxygen atoms in total. The fourth-order valence-electron chi connectivity index (χ4n) is 1.68. The van der Waals surface area contributed by atoms with E-state index >= 15 is 0 Å². The van der Waals surface area contributed by atoms with Crippen molar-refractivity contribution in [3.05, 3.63) is 53.0 Å². The third-order valence-electron chi connectivity index (χ3n) is 2.38. The molecular formula is C14H12BrNO. The minimum Gasteiger partial charge on any atom is -0.326 e. The number of hydrogen-bond acceptors (Lipinski definition) is 1. The summed E-state index contributed by atoms with van der Waals surface area (Å²) in [5.74, 6) is -0.0692. The van der Waals surface area contributed by atoms with Crippen molar-refractivity contribution in [1.82, 2.24) is 0 Å². The van der Waals surface area contributed by atoms with Gasteiger partial charge in [0.1, 0.15) is 0 Å². The average Bonchev–Trinajstić information content (AvgIpc) is 2.29. The van der Waals surface area contributed by atoms with Crippen molar-refractivity contribution in [2.75, 3.05) is 5.32 Å². The summed E-state index contributed by atoms with van der Waals surface area (Å²) in [5, 5.41) is 2.84. The molecule has 0 atom stereocenters. The van der Waals surface area contributed by atoms with E-state index in [4.69, 9.17) is 0 Å². The average molecular weight is 290 g/mol. The van der Waals surface area contributed by atoms with Crippen molar-refractivity contribution in [3.63, 3.8) is 0 Å². The van der Waals surface area contributed by atoms with E-state index in [0.717, 1.165) is 21.3 Å². The van der Waals surface area contributed by atoms with Crippen LogP contribution >= 0.6 is 15.9 Å². The first-order valence-electron chi connectivity index (χ1n) is 5.29. The standard InChI is InChI=1S/C14H12BrNO/c1-10(17)16-14-9-12(15)7-8-13(14)11-5-3-2-4-6-11/h2-9H,1H3,(H,16,17). The largest absolute Gasteiger partial charge is 0.326 e. The summed E-state index contributed by atoms with van der Waals surface area (Å²) >= 11 is 3.41. The highest BCUT2D eigenvalue weighted by molar-refractivity contribution is 9.10. The van der Waals surface area contributed by atoms with E-state index in [-0.39, 0.29) is 5.91 Å². The molecular weight excluding hydrogens is 278 g/mol. The van der Waals surface area contributed by atoms with Gasteiger partial charge in [-0.2, -0.15) is 0 Å². The highest BCUT2D eigenvalue weighted by Crippen LogP contribution is 2.30. The maximum atomic E-state index is 11.2. The third-order valence-corrected chi connectivity index (χ3v) is 2.87. The predicted molar refractivity (Wildman–Crippen MR) is 73.9 cm³/mol. The lowest BCUT2D eigenvalue weighted by Gasteiger charge is -2.10. The SMILES string of the molecule is CC(=O)Nc1cc(Br)ccc1-c1ccccc1. The first-order valence-corrected chi connectivity index (χ1v) is 6.08. The Hall–Kier alpha value is -1.61. The fraction of sp³-hybridized carbons (Fsp3) is 0.0714. The number of halogens is 1. The molecule has 0 aromatic heterocycles. The van der Waals surface area contributed by atoms with Crippen LogP contribution in [0.4, 0.5) is 5.69 Å². The van der Waals surface area contributed by atoms with Crippen LogP contribution in [0.15, 0.2) is 53.0 Å². The molecule has 0 spiro atoms. The summed E-state index contributed by atoms with van der Waals surface area (Å²) in [6.45, 7) is 1.51. The van der Waals surface area contributed by atoms with Crippen LogP contribution in [0, 0.1) is 0 Å². The van der Waals surface area contributed by atoms with E-state index < -0.39 is 0 Å². The smallest absolute Gasteiger partial charge is 0.221 e. The van der Waals surface area contributed by atoms with Crippen molar-refractivity contribution >= 4 is 27.5 Å². The van der Waals surface area contributed by atoms with Crippen LogP contribution in [0.5, 0.6) is 0 Å². The number of carbonyl (C=O) groups is 1. The second-order valence-corrected chi connectivity index (χ2v) is 4.65. The van der Waals surface area contributed by atoms with Gasteiger partial charge < -0.3 is 5.32 Å². The molecule has 0 aliphatic rings. The van der Waals surface area contributed by atoms with E-state index in [1.54, 1.807) is 0 Å². The van der Waals surface area contributed by atoms with Crippen molar-refractivity contribution in [2.24, 2.45) is 0 Å². The van der Waals surface area contributed by atoms with Crippen LogP contribution in [0.2, 0.25) is 0 Å². The normalized spacial score (nSPS) is 10.0. The minimum atomic E-state index is -0.0692. The van der Waals surface area contributed by atoms with Crippen LogP contribution in [0.25, 0.3) is 11.1 Å². The summed E-state index contributed by atoms with van der Waals surface area (Å²) in [7, 11) is 0. The van der Waals surface area contributed by atoms with Gasteiger partial charge in [-0.1, -0.05) is 52.3 Å². The molecule has 0 heterocycles. The summed E-state index contributed by atoms with van der Waals surface area (Å²) < 4.78 is 0.945. The van der Waals surface area contributed by atoms with Gasteiger partial charge in [-0.05, 0) is 17.7 Å². The topological polar surface area (TPSA) is 29.1 Å². The Morgan fingerprint density at radius 3 is 2.47 bits per heavy atom. The Morgan fingerprint density at radius 1 is 1.12 bits per heavy atom. The monoisotopic (exact) mass is 289 g/mol. The molecule has 0 fully saturated rings. The summed E-state index contributed by atoms with van der Waals surface area (Å²) in [5.41, 5.74) is 2.92. The molecule has 1 N–H and O–H groups in total. The van der Waals surface area contributed by atoms with Crippen LogP contribution in [-0.2, 0) is 4.79 Å². The van der Waals surface area contributed by atoms with E-state index in [2.05, 4.69) is 21.2 Å². The Labute approximate surface area is 109 Å². The summed E-state index contributed by atoms with van der Waals surface area (Å²) in [6.07, 6.45) is 0. The molecule has 17 heavy (non-hydrogen) atoms. The predicted octanol–water partition coefficient (Wildman–Crippen LogP) is 4.07. The maximum absolute atomic E-state index is 11.2.